The fraction of sp³-hybridized carbons (Fsp3) is 0.647. The number of ether oxygens (including phenoxy) is 1. The van der Waals surface area contributed by atoms with Crippen LogP contribution in [0.1, 0.15) is 44.7 Å². The first kappa shape index (κ1) is 15.3. The second-order valence-electron chi connectivity index (χ2n) is 5.73. The highest BCUT2D eigenvalue weighted by atomic mass is 16.5. The summed E-state index contributed by atoms with van der Waals surface area (Å²) in [5.74, 6) is 1.85. The molecular formula is C17H28N2O. The maximum Gasteiger partial charge on any atom is 0.124 e. The SMILES string of the molecule is CCOc1ccccc1C(N)CN1CCC(CC)CC1. The van der Waals surface area contributed by atoms with Crippen molar-refractivity contribution in [3.05, 3.63) is 29.8 Å². The van der Waals surface area contributed by atoms with Crippen LogP contribution in [0.25, 0.3) is 0 Å². The molecule has 1 saturated heterocycles. The van der Waals surface area contributed by atoms with Crippen molar-refractivity contribution < 1.29 is 4.74 Å². The van der Waals surface area contributed by atoms with E-state index in [-0.39, 0.29) is 6.04 Å². The van der Waals surface area contributed by atoms with Crippen molar-refractivity contribution in [2.24, 2.45) is 11.7 Å². The zero-order valence-electron chi connectivity index (χ0n) is 12.8. The fourth-order valence-corrected chi connectivity index (χ4v) is 3.03. The summed E-state index contributed by atoms with van der Waals surface area (Å²) in [7, 11) is 0. The lowest BCUT2D eigenvalue weighted by Crippen LogP contribution is -2.38. The number of likely N-dealkylation sites (tertiary alicyclic amines) is 1. The van der Waals surface area contributed by atoms with Gasteiger partial charge in [0.2, 0.25) is 0 Å². The standard InChI is InChI=1S/C17H28N2O/c1-3-14-9-11-19(12-10-14)13-16(18)15-7-5-6-8-17(15)20-4-2/h5-8,14,16H,3-4,9-13,18H2,1-2H3. The Morgan fingerprint density at radius 3 is 2.60 bits per heavy atom. The lowest BCUT2D eigenvalue weighted by molar-refractivity contribution is 0.172. The summed E-state index contributed by atoms with van der Waals surface area (Å²) in [6.45, 7) is 8.29. The van der Waals surface area contributed by atoms with Crippen molar-refractivity contribution >= 4 is 0 Å². The number of hydrogen-bond acceptors (Lipinski definition) is 3. The van der Waals surface area contributed by atoms with E-state index in [1.807, 2.05) is 25.1 Å². The first-order valence-corrected chi connectivity index (χ1v) is 7.94. The number of rotatable bonds is 6. The van der Waals surface area contributed by atoms with Crippen LogP contribution >= 0.6 is 0 Å². The third kappa shape index (κ3) is 3.97. The number of piperidine rings is 1. The molecule has 3 nitrogen and oxygen atoms in total. The Bertz CT molecular complexity index is 400. The summed E-state index contributed by atoms with van der Waals surface area (Å²) in [5.41, 5.74) is 7.53. The Morgan fingerprint density at radius 1 is 1.25 bits per heavy atom. The van der Waals surface area contributed by atoms with Gasteiger partial charge in [-0.25, -0.2) is 0 Å². The minimum Gasteiger partial charge on any atom is -0.494 e. The van der Waals surface area contributed by atoms with Crippen LogP contribution in [0.3, 0.4) is 0 Å². The highest BCUT2D eigenvalue weighted by molar-refractivity contribution is 5.35. The van der Waals surface area contributed by atoms with Gasteiger partial charge in [0.15, 0.2) is 0 Å². The molecule has 0 aliphatic carbocycles. The molecule has 0 bridgehead atoms. The summed E-state index contributed by atoms with van der Waals surface area (Å²) < 4.78 is 5.68. The van der Waals surface area contributed by atoms with Crippen LogP contribution in [0, 0.1) is 5.92 Å². The Balaban J connectivity index is 1.93. The van der Waals surface area contributed by atoms with Crippen molar-refractivity contribution in [2.45, 2.75) is 39.2 Å². The van der Waals surface area contributed by atoms with Gasteiger partial charge < -0.3 is 15.4 Å². The van der Waals surface area contributed by atoms with Crippen LogP contribution in [-0.4, -0.2) is 31.1 Å². The van der Waals surface area contributed by atoms with E-state index in [1.54, 1.807) is 0 Å². The Kier molecular flexibility index (Phi) is 5.86. The van der Waals surface area contributed by atoms with Gasteiger partial charge in [-0.05, 0) is 44.8 Å². The average molecular weight is 276 g/mol. The van der Waals surface area contributed by atoms with Crippen molar-refractivity contribution in [1.82, 2.24) is 4.90 Å². The van der Waals surface area contributed by atoms with Crippen LogP contribution in [-0.2, 0) is 0 Å². The number of benzene rings is 1. The normalized spacial score (nSPS) is 18.9. The van der Waals surface area contributed by atoms with Gasteiger partial charge in [-0.2, -0.15) is 0 Å². The lowest BCUT2D eigenvalue weighted by Gasteiger charge is -2.33. The largest absolute Gasteiger partial charge is 0.494 e. The third-order valence-corrected chi connectivity index (χ3v) is 4.36. The summed E-state index contributed by atoms with van der Waals surface area (Å²) in [5, 5.41) is 0. The number of hydrogen-bond donors (Lipinski definition) is 1. The topological polar surface area (TPSA) is 38.5 Å². The zero-order valence-corrected chi connectivity index (χ0v) is 12.8. The number of para-hydroxylation sites is 1. The van der Waals surface area contributed by atoms with E-state index in [9.17, 15) is 0 Å². The minimum atomic E-state index is 0.0379. The lowest BCUT2D eigenvalue weighted by atomic mass is 9.94. The summed E-state index contributed by atoms with van der Waals surface area (Å²) in [6.07, 6.45) is 3.94. The molecule has 1 unspecified atom stereocenters. The summed E-state index contributed by atoms with van der Waals surface area (Å²) in [4.78, 5) is 2.50. The van der Waals surface area contributed by atoms with E-state index in [0.717, 1.165) is 23.8 Å². The Morgan fingerprint density at radius 2 is 1.95 bits per heavy atom. The van der Waals surface area contributed by atoms with Crippen LogP contribution in [0.5, 0.6) is 5.75 Å². The second kappa shape index (κ2) is 7.65. The van der Waals surface area contributed by atoms with E-state index in [2.05, 4.69) is 17.9 Å². The van der Waals surface area contributed by atoms with Gasteiger partial charge in [-0.3, -0.25) is 0 Å². The van der Waals surface area contributed by atoms with Crippen LogP contribution in [0.15, 0.2) is 24.3 Å². The maximum absolute atomic E-state index is 6.40. The quantitative estimate of drug-likeness (QED) is 0.867. The molecule has 0 radical (unpaired) electrons. The van der Waals surface area contributed by atoms with Gasteiger partial charge in [0.1, 0.15) is 5.75 Å². The highest BCUT2D eigenvalue weighted by Crippen LogP contribution is 2.26. The molecule has 3 heteroatoms. The molecule has 0 saturated carbocycles. The van der Waals surface area contributed by atoms with Gasteiger partial charge in [0.25, 0.3) is 0 Å². The third-order valence-electron chi connectivity index (χ3n) is 4.36. The number of nitrogens with zero attached hydrogens (tertiary/aromatic N) is 1. The molecule has 20 heavy (non-hydrogen) atoms. The molecule has 1 heterocycles. The highest BCUT2D eigenvalue weighted by Gasteiger charge is 2.21. The van der Waals surface area contributed by atoms with E-state index in [1.165, 1.54) is 32.4 Å². The van der Waals surface area contributed by atoms with Crippen LogP contribution in [0.2, 0.25) is 0 Å². The summed E-state index contributed by atoms with van der Waals surface area (Å²) >= 11 is 0. The molecule has 0 spiro atoms. The predicted molar refractivity (Wildman–Crippen MR) is 84.0 cm³/mol. The maximum atomic E-state index is 6.40. The average Bonchev–Trinajstić information content (AvgIpc) is 2.49. The van der Waals surface area contributed by atoms with Crippen LogP contribution < -0.4 is 10.5 Å². The van der Waals surface area contributed by atoms with Gasteiger partial charge in [-0.1, -0.05) is 31.5 Å². The van der Waals surface area contributed by atoms with Crippen molar-refractivity contribution in [2.75, 3.05) is 26.2 Å². The first-order chi connectivity index (χ1) is 9.74. The van der Waals surface area contributed by atoms with Crippen LogP contribution in [0.4, 0.5) is 0 Å². The van der Waals surface area contributed by atoms with E-state index in [0.29, 0.717) is 6.61 Å². The monoisotopic (exact) mass is 276 g/mol. The molecule has 2 rings (SSSR count). The molecule has 0 amide bonds. The van der Waals surface area contributed by atoms with Crippen molar-refractivity contribution in [1.29, 1.82) is 0 Å². The molecule has 1 aromatic carbocycles. The Labute approximate surface area is 123 Å². The summed E-state index contributed by atoms with van der Waals surface area (Å²) in [6, 6.07) is 8.20. The molecule has 0 aromatic heterocycles. The van der Waals surface area contributed by atoms with Crippen molar-refractivity contribution in [3.63, 3.8) is 0 Å². The first-order valence-electron chi connectivity index (χ1n) is 7.94. The van der Waals surface area contributed by atoms with Gasteiger partial charge >= 0.3 is 0 Å². The Hall–Kier alpha value is -1.06. The minimum absolute atomic E-state index is 0.0379. The molecule has 2 N–H and O–H groups in total. The van der Waals surface area contributed by atoms with Gasteiger partial charge in [0.05, 0.1) is 6.61 Å². The molecule has 1 aromatic rings. The molecule has 1 fully saturated rings. The smallest absolute Gasteiger partial charge is 0.124 e. The van der Waals surface area contributed by atoms with E-state index in [4.69, 9.17) is 10.5 Å². The fourth-order valence-electron chi connectivity index (χ4n) is 3.03. The second-order valence-corrected chi connectivity index (χ2v) is 5.73. The van der Waals surface area contributed by atoms with Crippen molar-refractivity contribution in [3.8, 4) is 5.75 Å². The van der Waals surface area contributed by atoms with Gasteiger partial charge in [0, 0.05) is 18.2 Å². The predicted octanol–water partition coefficient (Wildman–Crippen LogP) is 3.21. The zero-order chi connectivity index (χ0) is 14.4. The number of nitrogens with two attached hydrogens (primary N) is 1. The van der Waals surface area contributed by atoms with Gasteiger partial charge in [-0.15, -0.1) is 0 Å². The molecule has 112 valence electrons. The molecule has 1 aliphatic rings. The molecule has 1 aliphatic heterocycles. The molecular weight excluding hydrogens is 248 g/mol. The van der Waals surface area contributed by atoms with E-state index >= 15 is 0 Å². The van der Waals surface area contributed by atoms with E-state index < -0.39 is 0 Å². The molecule has 1 atom stereocenters.